The number of aromatic nitrogens is 3. The summed E-state index contributed by atoms with van der Waals surface area (Å²) < 4.78 is 5.54. The molecule has 2 aromatic heterocycles. The van der Waals surface area contributed by atoms with Gasteiger partial charge in [-0.1, -0.05) is 11.8 Å². The van der Waals surface area contributed by atoms with Crippen LogP contribution in [0.3, 0.4) is 0 Å². The Morgan fingerprint density at radius 2 is 2.17 bits per heavy atom. The fourth-order valence-electron chi connectivity index (χ4n) is 2.86. The Hall–Kier alpha value is -2.19. The van der Waals surface area contributed by atoms with Crippen molar-refractivity contribution >= 4 is 23.5 Å². The van der Waals surface area contributed by atoms with E-state index in [-0.39, 0.29) is 11.4 Å². The Morgan fingerprint density at radius 1 is 1.30 bits per heavy atom. The molecule has 0 aliphatic carbocycles. The van der Waals surface area contributed by atoms with E-state index in [1.807, 2.05) is 6.07 Å². The first-order chi connectivity index (χ1) is 11.2. The van der Waals surface area contributed by atoms with E-state index in [9.17, 15) is 4.79 Å². The molecule has 1 unspecified atom stereocenters. The fourth-order valence-corrected chi connectivity index (χ4v) is 4.10. The molecule has 1 fully saturated rings. The molecule has 4 heterocycles. The number of nitrogens with two attached hydrogens (primary N) is 1. The molecule has 0 bridgehead atoms. The van der Waals surface area contributed by atoms with Gasteiger partial charge in [-0.3, -0.25) is 9.78 Å². The van der Waals surface area contributed by atoms with Crippen molar-refractivity contribution in [1.82, 2.24) is 15.0 Å². The number of hydrogen-bond acceptors (Lipinski definition) is 7. The van der Waals surface area contributed by atoms with Gasteiger partial charge in [-0.05, 0) is 18.6 Å². The van der Waals surface area contributed by atoms with Gasteiger partial charge >= 0.3 is 0 Å². The monoisotopic (exact) mass is 329 g/mol. The van der Waals surface area contributed by atoms with Gasteiger partial charge in [0.25, 0.3) is 0 Å². The summed E-state index contributed by atoms with van der Waals surface area (Å²) in [6.45, 7) is 1.43. The lowest BCUT2D eigenvalue weighted by Gasteiger charge is -2.30. The van der Waals surface area contributed by atoms with Gasteiger partial charge in [0, 0.05) is 25.2 Å². The largest absolute Gasteiger partial charge is 0.379 e. The summed E-state index contributed by atoms with van der Waals surface area (Å²) in [5, 5.41) is 0.867. The summed E-state index contributed by atoms with van der Waals surface area (Å²) in [4.78, 5) is 26.8. The Labute approximate surface area is 137 Å². The molecule has 8 heteroatoms. The van der Waals surface area contributed by atoms with Crippen LogP contribution in [0.1, 0.15) is 27.8 Å². The maximum Gasteiger partial charge on any atom is 0.250 e. The number of pyridine rings is 1. The van der Waals surface area contributed by atoms with Crippen LogP contribution in [0.5, 0.6) is 0 Å². The maximum atomic E-state index is 11.2. The van der Waals surface area contributed by atoms with Crippen LogP contribution in [0, 0.1) is 0 Å². The zero-order valence-electron chi connectivity index (χ0n) is 12.3. The highest BCUT2D eigenvalue weighted by molar-refractivity contribution is 8.00. The molecule has 0 saturated carbocycles. The van der Waals surface area contributed by atoms with Gasteiger partial charge < -0.3 is 15.4 Å². The van der Waals surface area contributed by atoms with Crippen molar-refractivity contribution in [3.8, 4) is 0 Å². The average molecular weight is 329 g/mol. The molecule has 23 heavy (non-hydrogen) atoms. The number of fused-ring (bicyclic) bond motifs is 1. The number of anilines is 1. The van der Waals surface area contributed by atoms with Gasteiger partial charge in [-0.15, -0.1) is 0 Å². The van der Waals surface area contributed by atoms with Gasteiger partial charge in [-0.25, -0.2) is 9.97 Å². The zero-order chi connectivity index (χ0) is 15.8. The minimum atomic E-state index is -0.476. The number of ether oxygens (including phenoxy) is 1. The molecule has 0 radical (unpaired) electrons. The molecule has 2 aromatic rings. The second-order valence-electron chi connectivity index (χ2n) is 5.42. The number of nitrogens with zero attached hydrogens (tertiary/aromatic N) is 4. The highest BCUT2D eigenvalue weighted by Crippen LogP contribution is 2.50. The summed E-state index contributed by atoms with van der Waals surface area (Å²) in [5.74, 6) is 0.398. The third kappa shape index (κ3) is 2.53. The van der Waals surface area contributed by atoms with Crippen molar-refractivity contribution in [3.63, 3.8) is 0 Å². The smallest absolute Gasteiger partial charge is 0.250 e. The quantitative estimate of drug-likeness (QED) is 0.908. The Balaban J connectivity index is 1.70. The normalized spacial score (nSPS) is 23.0. The number of thioether (sulfide) groups is 1. The van der Waals surface area contributed by atoms with E-state index in [4.69, 9.17) is 10.5 Å². The molecule has 0 aromatic carbocycles. The minimum absolute atomic E-state index is 0.0268. The van der Waals surface area contributed by atoms with Gasteiger partial charge in [0.2, 0.25) is 5.91 Å². The highest BCUT2D eigenvalue weighted by Gasteiger charge is 2.40. The Kier molecular flexibility index (Phi) is 3.62. The number of hydrogen-bond donors (Lipinski definition) is 1. The van der Waals surface area contributed by atoms with Crippen LogP contribution in [0.15, 0.2) is 35.7 Å². The third-order valence-electron chi connectivity index (χ3n) is 3.99. The lowest BCUT2D eigenvalue weighted by molar-refractivity contribution is 0.1000. The van der Waals surface area contributed by atoms with Crippen LogP contribution in [0.4, 0.5) is 5.82 Å². The van der Waals surface area contributed by atoms with Gasteiger partial charge in [0.1, 0.15) is 10.4 Å². The molecule has 2 N–H and O–H groups in total. The molecule has 4 rings (SSSR count). The fraction of sp³-hybridized carbons (Fsp3) is 0.333. The standard InChI is InChI=1S/C15H15N5O2S/c16-12(21)9-1-2-11(19-7-9)15-20(10-3-6-22-8-10)13-14(23-15)18-5-4-17-13/h1-2,4-5,7,10,15H,3,6,8H2,(H2,16,21)/t10-,15?/m0/s1. The summed E-state index contributed by atoms with van der Waals surface area (Å²) in [7, 11) is 0. The van der Waals surface area contributed by atoms with Crippen LogP contribution in [0.25, 0.3) is 0 Å². The van der Waals surface area contributed by atoms with Gasteiger partial charge in [0.05, 0.1) is 23.9 Å². The molecular weight excluding hydrogens is 314 g/mol. The van der Waals surface area contributed by atoms with Crippen molar-refractivity contribution in [2.75, 3.05) is 18.1 Å². The molecule has 1 amide bonds. The molecule has 2 aliphatic heterocycles. The van der Waals surface area contributed by atoms with Crippen molar-refractivity contribution < 1.29 is 9.53 Å². The zero-order valence-corrected chi connectivity index (χ0v) is 13.1. The van der Waals surface area contributed by atoms with E-state index in [0.717, 1.165) is 29.6 Å². The second kappa shape index (κ2) is 5.78. The lowest BCUT2D eigenvalue weighted by Crippen LogP contribution is -2.36. The predicted molar refractivity (Wildman–Crippen MR) is 85.1 cm³/mol. The number of primary amides is 1. The highest BCUT2D eigenvalue weighted by atomic mass is 32.2. The van der Waals surface area contributed by atoms with Crippen molar-refractivity contribution in [1.29, 1.82) is 0 Å². The topological polar surface area (TPSA) is 94.2 Å². The molecule has 2 atom stereocenters. The van der Waals surface area contributed by atoms with Crippen LogP contribution in [-0.2, 0) is 4.74 Å². The second-order valence-corrected chi connectivity index (χ2v) is 6.48. The number of amides is 1. The molecule has 118 valence electrons. The van der Waals surface area contributed by atoms with Gasteiger partial charge in [0.15, 0.2) is 5.82 Å². The van der Waals surface area contributed by atoms with Crippen molar-refractivity contribution in [3.05, 3.63) is 42.0 Å². The van der Waals surface area contributed by atoms with E-state index in [0.29, 0.717) is 12.2 Å². The Bertz CT molecular complexity index is 733. The summed E-state index contributed by atoms with van der Waals surface area (Å²) in [6.07, 6.45) is 5.87. The third-order valence-corrected chi connectivity index (χ3v) is 5.19. The predicted octanol–water partition coefficient (Wildman–Crippen LogP) is 1.37. The summed E-state index contributed by atoms with van der Waals surface area (Å²) >= 11 is 1.62. The molecule has 0 spiro atoms. The Morgan fingerprint density at radius 3 is 2.87 bits per heavy atom. The van der Waals surface area contributed by atoms with Crippen LogP contribution >= 0.6 is 11.8 Å². The first-order valence-electron chi connectivity index (χ1n) is 7.33. The van der Waals surface area contributed by atoms with Gasteiger partial charge in [-0.2, -0.15) is 0 Å². The van der Waals surface area contributed by atoms with Crippen molar-refractivity contribution in [2.45, 2.75) is 22.9 Å². The molecular formula is C15H15N5O2S. The molecule has 1 saturated heterocycles. The van der Waals surface area contributed by atoms with Crippen LogP contribution in [0.2, 0.25) is 0 Å². The van der Waals surface area contributed by atoms with E-state index in [1.165, 1.54) is 6.20 Å². The lowest BCUT2D eigenvalue weighted by atomic mass is 10.2. The van der Waals surface area contributed by atoms with E-state index in [1.54, 1.807) is 30.2 Å². The molecule has 7 nitrogen and oxygen atoms in total. The van der Waals surface area contributed by atoms with E-state index in [2.05, 4.69) is 19.9 Å². The van der Waals surface area contributed by atoms with Crippen LogP contribution < -0.4 is 10.6 Å². The average Bonchev–Trinajstić information content (AvgIpc) is 3.21. The van der Waals surface area contributed by atoms with Crippen molar-refractivity contribution in [2.24, 2.45) is 5.73 Å². The van der Waals surface area contributed by atoms with E-state index < -0.39 is 5.91 Å². The number of rotatable bonds is 3. The SMILES string of the molecule is NC(=O)c1ccc(C2Sc3nccnc3N2[C@H]2CCOC2)nc1. The maximum absolute atomic E-state index is 11.2. The molecule has 2 aliphatic rings. The number of carbonyl (C=O) groups is 1. The summed E-state index contributed by atoms with van der Waals surface area (Å²) in [5.41, 5.74) is 6.54. The minimum Gasteiger partial charge on any atom is -0.379 e. The first kappa shape index (κ1) is 14.4. The van der Waals surface area contributed by atoms with E-state index >= 15 is 0 Å². The summed E-state index contributed by atoms with van der Waals surface area (Å²) in [6, 6.07) is 3.80. The van der Waals surface area contributed by atoms with Crippen LogP contribution in [-0.4, -0.2) is 40.1 Å². The first-order valence-corrected chi connectivity index (χ1v) is 8.21. The number of carbonyl (C=O) groups excluding carboxylic acids is 1.